The number of carbonyl (C=O) groups is 1. The molecule has 1 rings (SSSR count). The van der Waals surface area contributed by atoms with Crippen molar-refractivity contribution in [3.63, 3.8) is 0 Å². The van der Waals surface area contributed by atoms with Crippen LogP contribution in [0.1, 0.15) is 26.2 Å². The Bertz CT molecular complexity index is 312. The second-order valence-corrected chi connectivity index (χ2v) is 3.54. The zero-order chi connectivity index (χ0) is 10.4. The number of amides is 1. The first-order valence-corrected chi connectivity index (χ1v) is 5.16. The molecule has 0 radical (unpaired) electrons. The molecule has 2 nitrogen and oxygen atoms in total. The smallest absolute Gasteiger partial charge is 0.224 e. The van der Waals surface area contributed by atoms with Gasteiger partial charge in [0.05, 0.1) is 10.7 Å². The van der Waals surface area contributed by atoms with E-state index in [9.17, 15) is 4.79 Å². The molecule has 0 aliphatic rings. The number of hydrogen-bond donors (Lipinski definition) is 1. The number of hydrogen-bond acceptors (Lipinski definition) is 1. The van der Waals surface area contributed by atoms with Crippen LogP contribution in [0.3, 0.4) is 0 Å². The van der Waals surface area contributed by atoms with Gasteiger partial charge in [0.15, 0.2) is 0 Å². The number of para-hydroxylation sites is 1. The summed E-state index contributed by atoms with van der Waals surface area (Å²) < 4.78 is 0. The summed E-state index contributed by atoms with van der Waals surface area (Å²) in [5.74, 6) is 0.0277. The van der Waals surface area contributed by atoms with Gasteiger partial charge in [-0.2, -0.15) is 0 Å². The Morgan fingerprint density at radius 3 is 2.79 bits per heavy atom. The average Bonchev–Trinajstić information content (AvgIpc) is 2.18. The van der Waals surface area contributed by atoms with Gasteiger partial charge in [0.2, 0.25) is 5.91 Å². The third kappa shape index (κ3) is 3.38. The number of rotatable bonds is 4. The van der Waals surface area contributed by atoms with Crippen molar-refractivity contribution >= 4 is 23.2 Å². The van der Waals surface area contributed by atoms with Crippen molar-refractivity contribution in [3.8, 4) is 0 Å². The molecule has 76 valence electrons. The highest BCUT2D eigenvalue weighted by molar-refractivity contribution is 6.33. The van der Waals surface area contributed by atoms with Gasteiger partial charge in [-0.15, -0.1) is 0 Å². The molecular formula is C11H14ClNO. The van der Waals surface area contributed by atoms with Crippen LogP contribution in [0.5, 0.6) is 0 Å². The lowest BCUT2D eigenvalue weighted by Crippen LogP contribution is -2.11. The first-order chi connectivity index (χ1) is 6.74. The molecule has 0 heterocycles. The molecule has 0 aliphatic carbocycles. The summed E-state index contributed by atoms with van der Waals surface area (Å²) in [5, 5.41) is 3.35. The zero-order valence-corrected chi connectivity index (χ0v) is 8.97. The Hall–Kier alpha value is -1.02. The standard InChI is InChI=1S/C11H14ClNO/c1-2-3-8-11(14)13-10-7-5-4-6-9(10)12/h4-7H,2-3,8H2,1H3,(H,13,14). The SMILES string of the molecule is CCCCC(=O)Nc1ccccc1Cl. The quantitative estimate of drug-likeness (QED) is 0.812. The summed E-state index contributed by atoms with van der Waals surface area (Å²) in [4.78, 5) is 11.4. The van der Waals surface area contributed by atoms with Crippen molar-refractivity contribution in [1.82, 2.24) is 0 Å². The largest absolute Gasteiger partial charge is 0.325 e. The number of anilines is 1. The average molecular weight is 212 g/mol. The Morgan fingerprint density at radius 2 is 2.14 bits per heavy atom. The highest BCUT2D eigenvalue weighted by atomic mass is 35.5. The van der Waals surface area contributed by atoms with E-state index in [1.54, 1.807) is 12.1 Å². The molecule has 0 unspecified atom stereocenters. The van der Waals surface area contributed by atoms with Crippen LogP contribution >= 0.6 is 11.6 Å². The van der Waals surface area contributed by atoms with Gasteiger partial charge in [-0.05, 0) is 18.6 Å². The van der Waals surface area contributed by atoms with Crippen LogP contribution in [0.25, 0.3) is 0 Å². The molecule has 1 amide bonds. The van der Waals surface area contributed by atoms with Crippen LogP contribution in [0, 0.1) is 0 Å². The molecular weight excluding hydrogens is 198 g/mol. The molecule has 0 spiro atoms. The molecule has 1 N–H and O–H groups in total. The second kappa shape index (κ2) is 5.66. The van der Waals surface area contributed by atoms with E-state index in [1.165, 1.54) is 0 Å². The van der Waals surface area contributed by atoms with Crippen LogP contribution in [0.15, 0.2) is 24.3 Å². The van der Waals surface area contributed by atoms with E-state index in [0.29, 0.717) is 17.1 Å². The van der Waals surface area contributed by atoms with Crippen LogP contribution in [0.4, 0.5) is 5.69 Å². The third-order valence-electron chi connectivity index (χ3n) is 1.91. The summed E-state index contributed by atoms with van der Waals surface area (Å²) in [6.07, 6.45) is 2.49. The summed E-state index contributed by atoms with van der Waals surface area (Å²) in [6.45, 7) is 2.06. The maximum absolute atomic E-state index is 11.4. The molecule has 0 saturated carbocycles. The maximum atomic E-state index is 11.4. The molecule has 1 aromatic rings. The summed E-state index contributed by atoms with van der Waals surface area (Å²) >= 11 is 5.89. The van der Waals surface area contributed by atoms with Gasteiger partial charge in [0.25, 0.3) is 0 Å². The Morgan fingerprint density at radius 1 is 1.43 bits per heavy atom. The second-order valence-electron chi connectivity index (χ2n) is 3.13. The number of unbranched alkanes of at least 4 members (excludes halogenated alkanes) is 1. The summed E-state index contributed by atoms with van der Waals surface area (Å²) in [7, 11) is 0. The van der Waals surface area contributed by atoms with Crippen LogP contribution in [-0.2, 0) is 4.79 Å². The number of halogens is 1. The molecule has 14 heavy (non-hydrogen) atoms. The molecule has 0 bridgehead atoms. The van der Waals surface area contributed by atoms with E-state index in [1.807, 2.05) is 12.1 Å². The van der Waals surface area contributed by atoms with Crippen molar-refractivity contribution in [2.45, 2.75) is 26.2 Å². The Balaban J connectivity index is 2.52. The minimum Gasteiger partial charge on any atom is -0.325 e. The lowest BCUT2D eigenvalue weighted by Gasteiger charge is -2.05. The fourth-order valence-corrected chi connectivity index (χ4v) is 1.30. The van der Waals surface area contributed by atoms with Gasteiger partial charge in [-0.25, -0.2) is 0 Å². The van der Waals surface area contributed by atoms with Gasteiger partial charge >= 0.3 is 0 Å². The van der Waals surface area contributed by atoms with E-state index in [4.69, 9.17) is 11.6 Å². The van der Waals surface area contributed by atoms with Gasteiger partial charge in [-0.3, -0.25) is 4.79 Å². The maximum Gasteiger partial charge on any atom is 0.224 e. The number of nitrogens with one attached hydrogen (secondary N) is 1. The third-order valence-corrected chi connectivity index (χ3v) is 2.23. The molecule has 1 aromatic carbocycles. The van der Waals surface area contributed by atoms with E-state index >= 15 is 0 Å². The normalized spacial score (nSPS) is 9.86. The van der Waals surface area contributed by atoms with Crippen LogP contribution in [-0.4, -0.2) is 5.91 Å². The molecule has 0 saturated heterocycles. The lowest BCUT2D eigenvalue weighted by atomic mass is 10.2. The molecule has 3 heteroatoms. The van der Waals surface area contributed by atoms with Crippen molar-refractivity contribution in [2.24, 2.45) is 0 Å². The van der Waals surface area contributed by atoms with Gasteiger partial charge in [0, 0.05) is 6.42 Å². The molecule has 0 fully saturated rings. The van der Waals surface area contributed by atoms with Crippen LogP contribution in [0.2, 0.25) is 5.02 Å². The Labute approximate surface area is 89.3 Å². The zero-order valence-electron chi connectivity index (χ0n) is 8.22. The minimum absolute atomic E-state index is 0.0277. The highest BCUT2D eigenvalue weighted by Gasteiger charge is 2.03. The minimum atomic E-state index is 0.0277. The lowest BCUT2D eigenvalue weighted by molar-refractivity contribution is -0.116. The fourth-order valence-electron chi connectivity index (χ4n) is 1.11. The molecule has 0 aliphatic heterocycles. The van der Waals surface area contributed by atoms with Crippen molar-refractivity contribution in [1.29, 1.82) is 0 Å². The molecule has 0 aromatic heterocycles. The van der Waals surface area contributed by atoms with Crippen molar-refractivity contribution in [3.05, 3.63) is 29.3 Å². The van der Waals surface area contributed by atoms with E-state index in [0.717, 1.165) is 12.8 Å². The van der Waals surface area contributed by atoms with Crippen molar-refractivity contribution in [2.75, 3.05) is 5.32 Å². The predicted molar refractivity (Wildman–Crippen MR) is 59.6 cm³/mol. The van der Waals surface area contributed by atoms with Gasteiger partial charge in [-0.1, -0.05) is 37.1 Å². The monoisotopic (exact) mass is 211 g/mol. The summed E-state index contributed by atoms with van der Waals surface area (Å²) in [5.41, 5.74) is 0.690. The van der Waals surface area contributed by atoms with Crippen molar-refractivity contribution < 1.29 is 4.79 Å². The first kappa shape index (κ1) is 11.1. The highest BCUT2D eigenvalue weighted by Crippen LogP contribution is 2.20. The number of carbonyl (C=O) groups excluding carboxylic acids is 1. The van der Waals surface area contributed by atoms with Gasteiger partial charge < -0.3 is 5.32 Å². The number of benzene rings is 1. The molecule has 0 atom stereocenters. The Kier molecular flexibility index (Phi) is 4.47. The van der Waals surface area contributed by atoms with Crippen LogP contribution < -0.4 is 5.32 Å². The predicted octanol–water partition coefficient (Wildman–Crippen LogP) is 3.47. The summed E-state index contributed by atoms with van der Waals surface area (Å²) in [6, 6.07) is 7.24. The van der Waals surface area contributed by atoms with E-state index < -0.39 is 0 Å². The fraction of sp³-hybridized carbons (Fsp3) is 0.364. The first-order valence-electron chi connectivity index (χ1n) is 4.78. The van der Waals surface area contributed by atoms with E-state index in [-0.39, 0.29) is 5.91 Å². The van der Waals surface area contributed by atoms with Gasteiger partial charge in [0.1, 0.15) is 0 Å². The van der Waals surface area contributed by atoms with E-state index in [2.05, 4.69) is 12.2 Å². The topological polar surface area (TPSA) is 29.1 Å².